The summed E-state index contributed by atoms with van der Waals surface area (Å²) in [5, 5.41) is 3.31. The van der Waals surface area contributed by atoms with E-state index in [1.165, 1.54) is 11.0 Å². The number of nitrogens with two attached hydrogens (primary N) is 1. The molecular formula is C21H25FN4O. The highest BCUT2D eigenvalue weighted by molar-refractivity contribution is 6.01. The van der Waals surface area contributed by atoms with E-state index in [-0.39, 0.29) is 11.9 Å². The number of rotatable bonds is 3. The lowest BCUT2D eigenvalue weighted by Gasteiger charge is -2.46. The smallest absolute Gasteiger partial charge is 0.237 e. The molecule has 27 heavy (non-hydrogen) atoms. The lowest BCUT2D eigenvalue weighted by Crippen LogP contribution is -2.58. The minimum Gasteiger partial charge on any atom is -0.369 e. The van der Waals surface area contributed by atoms with E-state index in [4.69, 9.17) is 5.73 Å². The number of carbonyl (C=O) groups excluding carboxylic acids is 1. The van der Waals surface area contributed by atoms with Gasteiger partial charge in [-0.1, -0.05) is 18.2 Å². The highest BCUT2D eigenvalue weighted by Crippen LogP contribution is 2.47. The first-order valence-corrected chi connectivity index (χ1v) is 8.84. The molecule has 2 aromatic carbocycles. The lowest BCUT2D eigenvalue weighted by molar-refractivity contribution is -0.140. The van der Waals surface area contributed by atoms with Crippen molar-refractivity contribution in [2.45, 2.75) is 33.2 Å². The van der Waals surface area contributed by atoms with E-state index in [9.17, 15) is 9.18 Å². The SMILES string of the molecule is Cc1ccccc1Nc1ccc(F)c(C2(C)N=C(N)N(C)C(=O)C2(C)C)c1. The zero-order chi connectivity index (χ0) is 20.0. The summed E-state index contributed by atoms with van der Waals surface area (Å²) < 4.78 is 14.8. The van der Waals surface area contributed by atoms with Gasteiger partial charge in [-0.15, -0.1) is 0 Å². The van der Waals surface area contributed by atoms with Gasteiger partial charge in [-0.3, -0.25) is 9.69 Å². The first-order valence-electron chi connectivity index (χ1n) is 8.84. The number of aliphatic imine (C=N–C) groups is 1. The second-order valence-corrected chi connectivity index (χ2v) is 7.67. The number of anilines is 2. The Kier molecular flexibility index (Phi) is 4.46. The number of halogens is 1. The van der Waals surface area contributed by atoms with Crippen molar-refractivity contribution in [2.24, 2.45) is 16.1 Å². The van der Waals surface area contributed by atoms with Gasteiger partial charge in [-0.05, 0) is 57.5 Å². The molecule has 0 fully saturated rings. The molecule has 1 heterocycles. The van der Waals surface area contributed by atoms with E-state index in [0.717, 1.165) is 16.9 Å². The fourth-order valence-electron chi connectivity index (χ4n) is 3.42. The summed E-state index contributed by atoms with van der Waals surface area (Å²) in [6.07, 6.45) is 0. The number of hydrogen-bond acceptors (Lipinski definition) is 4. The Morgan fingerprint density at radius 2 is 1.81 bits per heavy atom. The van der Waals surface area contributed by atoms with Crippen molar-refractivity contribution in [3.8, 4) is 0 Å². The second-order valence-electron chi connectivity index (χ2n) is 7.67. The van der Waals surface area contributed by atoms with Crippen molar-refractivity contribution < 1.29 is 9.18 Å². The van der Waals surface area contributed by atoms with Gasteiger partial charge in [0.1, 0.15) is 11.4 Å². The summed E-state index contributed by atoms with van der Waals surface area (Å²) in [5.41, 5.74) is 6.91. The van der Waals surface area contributed by atoms with Gasteiger partial charge in [0.15, 0.2) is 5.96 Å². The van der Waals surface area contributed by atoms with Crippen LogP contribution in [0.2, 0.25) is 0 Å². The molecule has 1 aliphatic rings. The van der Waals surface area contributed by atoms with E-state index in [1.54, 1.807) is 40.0 Å². The molecule has 0 spiro atoms. The Bertz CT molecular complexity index is 938. The number of para-hydroxylation sites is 1. The Morgan fingerprint density at radius 1 is 1.15 bits per heavy atom. The largest absolute Gasteiger partial charge is 0.369 e. The number of benzene rings is 2. The molecule has 2 aromatic rings. The van der Waals surface area contributed by atoms with Crippen molar-refractivity contribution in [3.63, 3.8) is 0 Å². The Hall–Kier alpha value is -2.89. The molecule has 0 aliphatic carbocycles. The Balaban J connectivity index is 2.11. The maximum absolute atomic E-state index is 14.8. The fourth-order valence-corrected chi connectivity index (χ4v) is 3.42. The molecule has 142 valence electrons. The predicted octanol–water partition coefficient (Wildman–Crippen LogP) is 3.91. The summed E-state index contributed by atoms with van der Waals surface area (Å²) in [6, 6.07) is 12.6. The van der Waals surface area contributed by atoms with Gasteiger partial charge in [-0.25, -0.2) is 9.38 Å². The quantitative estimate of drug-likeness (QED) is 0.863. The third kappa shape index (κ3) is 2.95. The average molecular weight is 368 g/mol. The molecular weight excluding hydrogens is 343 g/mol. The highest BCUT2D eigenvalue weighted by atomic mass is 19.1. The summed E-state index contributed by atoms with van der Waals surface area (Å²) in [7, 11) is 1.58. The van der Waals surface area contributed by atoms with E-state index in [2.05, 4.69) is 10.3 Å². The van der Waals surface area contributed by atoms with Gasteiger partial charge in [0, 0.05) is 24.0 Å². The third-order valence-electron chi connectivity index (χ3n) is 5.65. The van der Waals surface area contributed by atoms with Crippen LogP contribution < -0.4 is 11.1 Å². The van der Waals surface area contributed by atoms with Crippen LogP contribution in [0, 0.1) is 18.2 Å². The van der Waals surface area contributed by atoms with Crippen molar-refractivity contribution in [3.05, 3.63) is 59.4 Å². The number of hydrogen-bond donors (Lipinski definition) is 2. The van der Waals surface area contributed by atoms with Crippen molar-refractivity contribution in [1.29, 1.82) is 0 Å². The van der Waals surface area contributed by atoms with Crippen LogP contribution in [0.5, 0.6) is 0 Å². The molecule has 5 nitrogen and oxygen atoms in total. The fraction of sp³-hybridized carbons (Fsp3) is 0.333. The number of guanidine groups is 1. The number of aryl methyl sites for hydroxylation is 1. The normalized spacial score (nSPS) is 21.8. The molecule has 1 unspecified atom stereocenters. The molecule has 0 saturated heterocycles. The van der Waals surface area contributed by atoms with Crippen molar-refractivity contribution in [2.75, 3.05) is 12.4 Å². The van der Waals surface area contributed by atoms with Crippen LogP contribution in [-0.2, 0) is 10.3 Å². The molecule has 0 bridgehead atoms. The second kappa shape index (κ2) is 6.37. The van der Waals surface area contributed by atoms with Crippen molar-refractivity contribution >= 4 is 23.2 Å². The summed E-state index contributed by atoms with van der Waals surface area (Å²) >= 11 is 0. The average Bonchev–Trinajstić information content (AvgIpc) is 2.62. The Labute approximate surface area is 159 Å². The van der Waals surface area contributed by atoms with Crippen molar-refractivity contribution in [1.82, 2.24) is 4.90 Å². The molecule has 3 rings (SSSR count). The van der Waals surface area contributed by atoms with Crippen LogP contribution in [-0.4, -0.2) is 23.8 Å². The topological polar surface area (TPSA) is 70.7 Å². The highest BCUT2D eigenvalue weighted by Gasteiger charge is 2.53. The lowest BCUT2D eigenvalue weighted by atomic mass is 9.67. The van der Waals surface area contributed by atoms with Crippen LogP contribution in [0.1, 0.15) is 31.9 Å². The molecule has 1 atom stereocenters. The molecule has 6 heteroatoms. The first-order chi connectivity index (χ1) is 12.6. The molecule has 0 aromatic heterocycles. The van der Waals surface area contributed by atoms with E-state index < -0.39 is 16.8 Å². The number of carbonyl (C=O) groups is 1. The summed E-state index contributed by atoms with van der Waals surface area (Å²) in [6.45, 7) is 7.28. The number of amides is 1. The molecule has 1 aliphatic heterocycles. The molecule has 0 radical (unpaired) electrons. The summed E-state index contributed by atoms with van der Waals surface area (Å²) in [4.78, 5) is 18.6. The van der Waals surface area contributed by atoms with Gasteiger partial charge in [-0.2, -0.15) is 0 Å². The zero-order valence-electron chi connectivity index (χ0n) is 16.3. The van der Waals surface area contributed by atoms with Gasteiger partial charge >= 0.3 is 0 Å². The van der Waals surface area contributed by atoms with Gasteiger partial charge in [0.25, 0.3) is 0 Å². The Morgan fingerprint density at radius 3 is 2.48 bits per heavy atom. The van der Waals surface area contributed by atoms with E-state index >= 15 is 0 Å². The van der Waals surface area contributed by atoms with E-state index in [1.807, 2.05) is 31.2 Å². The predicted molar refractivity (Wildman–Crippen MR) is 106 cm³/mol. The van der Waals surface area contributed by atoms with Gasteiger partial charge < -0.3 is 11.1 Å². The standard InChI is InChI=1S/C21H25FN4O/c1-13-8-6-7-9-17(13)24-14-10-11-16(22)15(12-14)21(4)20(2,3)18(27)26(5)19(23)25-21/h6-12,24H,1-5H3,(H2,23,25). The van der Waals surface area contributed by atoms with Crippen LogP contribution >= 0.6 is 0 Å². The molecule has 1 amide bonds. The first kappa shape index (κ1) is 18.9. The van der Waals surface area contributed by atoms with Crippen LogP contribution in [0.15, 0.2) is 47.5 Å². The maximum Gasteiger partial charge on any atom is 0.237 e. The summed E-state index contributed by atoms with van der Waals surface area (Å²) in [5.74, 6) is -0.539. The monoisotopic (exact) mass is 368 g/mol. The molecule has 3 N–H and O–H groups in total. The van der Waals surface area contributed by atoms with Gasteiger partial charge in [0.2, 0.25) is 5.91 Å². The number of nitrogens with zero attached hydrogens (tertiary/aromatic N) is 2. The minimum absolute atomic E-state index is 0.0819. The zero-order valence-corrected chi connectivity index (χ0v) is 16.3. The van der Waals surface area contributed by atoms with Crippen LogP contribution in [0.3, 0.4) is 0 Å². The van der Waals surface area contributed by atoms with Crippen LogP contribution in [0.25, 0.3) is 0 Å². The third-order valence-corrected chi connectivity index (χ3v) is 5.65. The number of nitrogens with one attached hydrogen (secondary N) is 1. The molecule has 0 saturated carbocycles. The van der Waals surface area contributed by atoms with Gasteiger partial charge in [0.05, 0.1) is 5.41 Å². The maximum atomic E-state index is 14.8. The van der Waals surface area contributed by atoms with Crippen LogP contribution in [0.4, 0.5) is 15.8 Å². The minimum atomic E-state index is -1.13. The van der Waals surface area contributed by atoms with E-state index in [0.29, 0.717) is 5.56 Å².